The molecule has 3 aromatic carbocycles. The molecule has 0 aliphatic carbocycles. The van der Waals surface area contributed by atoms with Gasteiger partial charge < -0.3 is 9.64 Å². The largest absolute Gasteiger partial charge is 0.459 e. The number of amides is 1. The highest BCUT2D eigenvalue weighted by Crippen LogP contribution is 2.34. The van der Waals surface area contributed by atoms with Crippen molar-refractivity contribution in [3.8, 4) is 0 Å². The summed E-state index contributed by atoms with van der Waals surface area (Å²) in [5, 5.41) is 0.0180. The molecule has 0 spiro atoms. The van der Waals surface area contributed by atoms with E-state index < -0.39 is 12.0 Å². The number of hydrogen-bond donors (Lipinski definition) is 0. The number of rotatable bonds is 9. The topological polar surface area (TPSA) is 63.7 Å². The van der Waals surface area contributed by atoms with Crippen molar-refractivity contribution < 1.29 is 19.1 Å². The fourth-order valence-electron chi connectivity index (χ4n) is 4.08. The Morgan fingerprint density at radius 1 is 0.917 bits per heavy atom. The van der Waals surface area contributed by atoms with Gasteiger partial charge in [0.15, 0.2) is 0 Å². The lowest BCUT2D eigenvalue weighted by atomic mass is 10.1. The van der Waals surface area contributed by atoms with E-state index in [4.69, 9.17) is 4.74 Å². The minimum atomic E-state index is -0.639. The summed E-state index contributed by atoms with van der Waals surface area (Å²) >= 11 is 2.81. The van der Waals surface area contributed by atoms with Gasteiger partial charge in [0.25, 0.3) is 0 Å². The van der Waals surface area contributed by atoms with E-state index in [1.54, 1.807) is 28.8 Å². The standard InChI is InChI=1S/C29H29NO4S2/c1-21(20-35-29(33)23-13-7-3-8-14-23)27(31)30-18-25(36-24-15-9-4-10-16-24)17-26(30)28(32)34-19-22-11-5-2-6-12-22/h2-16,21,25-26H,17-20H2,1H3/t21-,25+,26-/m0/s1. The molecule has 7 heteroatoms. The first-order valence-corrected chi connectivity index (χ1v) is 13.8. The van der Waals surface area contributed by atoms with E-state index in [1.807, 2.05) is 85.8 Å². The number of benzene rings is 3. The van der Waals surface area contributed by atoms with Crippen molar-refractivity contribution >= 4 is 40.5 Å². The van der Waals surface area contributed by atoms with Gasteiger partial charge in [-0.05, 0) is 24.1 Å². The van der Waals surface area contributed by atoms with Gasteiger partial charge in [-0.25, -0.2) is 4.79 Å². The van der Waals surface area contributed by atoms with Crippen molar-refractivity contribution in [2.75, 3.05) is 12.3 Å². The normalized spacial score (nSPS) is 18.0. The molecule has 0 N–H and O–H groups in total. The van der Waals surface area contributed by atoms with Crippen LogP contribution in [0.15, 0.2) is 95.9 Å². The van der Waals surface area contributed by atoms with Crippen LogP contribution in [0.2, 0.25) is 0 Å². The molecule has 36 heavy (non-hydrogen) atoms. The maximum atomic E-state index is 13.5. The van der Waals surface area contributed by atoms with Crippen LogP contribution < -0.4 is 0 Å². The van der Waals surface area contributed by atoms with Gasteiger partial charge >= 0.3 is 5.97 Å². The van der Waals surface area contributed by atoms with Crippen LogP contribution in [0.5, 0.6) is 0 Å². The summed E-state index contributed by atoms with van der Waals surface area (Å²) in [5.41, 5.74) is 1.52. The summed E-state index contributed by atoms with van der Waals surface area (Å²) in [6, 6.07) is 27.9. The fraction of sp³-hybridized carbons (Fsp3) is 0.276. The van der Waals surface area contributed by atoms with Gasteiger partial charge in [0, 0.05) is 33.9 Å². The Bertz CT molecular complexity index is 1160. The number of ether oxygens (including phenoxy) is 1. The molecule has 1 aliphatic rings. The van der Waals surface area contributed by atoms with Gasteiger partial charge in [0.2, 0.25) is 11.0 Å². The molecule has 1 fully saturated rings. The monoisotopic (exact) mass is 519 g/mol. The first kappa shape index (κ1) is 26.0. The number of thioether (sulfide) groups is 2. The molecule has 1 amide bonds. The number of carbonyl (C=O) groups is 3. The van der Waals surface area contributed by atoms with E-state index in [0.717, 1.165) is 22.2 Å². The van der Waals surface area contributed by atoms with Gasteiger partial charge in [0.05, 0.1) is 0 Å². The molecule has 0 bridgehead atoms. The van der Waals surface area contributed by atoms with Crippen LogP contribution in [0.3, 0.4) is 0 Å². The Labute approximate surface area is 220 Å². The quantitative estimate of drug-likeness (QED) is 0.338. The SMILES string of the molecule is C[C@@H](CSC(=O)c1ccccc1)C(=O)N1C[C@H](Sc2ccccc2)C[C@H]1C(=O)OCc1ccccc1. The highest BCUT2D eigenvalue weighted by atomic mass is 32.2. The molecule has 3 aromatic rings. The smallest absolute Gasteiger partial charge is 0.329 e. The lowest BCUT2D eigenvalue weighted by molar-refractivity contribution is -0.155. The maximum Gasteiger partial charge on any atom is 0.329 e. The predicted octanol–water partition coefficient (Wildman–Crippen LogP) is 5.70. The highest BCUT2D eigenvalue weighted by molar-refractivity contribution is 8.14. The van der Waals surface area contributed by atoms with Crippen molar-refractivity contribution in [1.82, 2.24) is 4.90 Å². The lowest BCUT2D eigenvalue weighted by Crippen LogP contribution is -2.44. The summed E-state index contributed by atoms with van der Waals surface area (Å²) < 4.78 is 5.63. The second-order valence-electron chi connectivity index (χ2n) is 8.75. The Balaban J connectivity index is 1.41. The summed E-state index contributed by atoms with van der Waals surface area (Å²) in [6.07, 6.45) is 0.529. The Morgan fingerprint density at radius 2 is 1.53 bits per heavy atom. The van der Waals surface area contributed by atoms with Crippen LogP contribution in [0, 0.1) is 5.92 Å². The molecular formula is C29H29NO4S2. The van der Waals surface area contributed by atoms with Crippen LogP contribution in [0.4, 0.5) is 0 Å². The van der Waals surface area contributed by atoms with Gasteiger partial charge in [-0.2, -0.15) is 0 Å². The molecule has 5 nitrogen and oxygen atoms in total. The zero-order valence-electron chi connectivity index (χ0n) is 20.1. The van der Waals surface area contributed by atoms with E-state index in [2.05, 4.69) is 0 Å². The second-order valence-corrected chi connectivity index (χ2v) is 11.1. The number of carbonyl (C=O) groups excluding carboxylic acids is 3. The second kappa shape index (κ2) is 12.8. The maximum absolute atomic E-state index is 13.5. The third-order valence-electron chi connectivity index (χ3n) is 5.98. The molecule has 0 saturated carbocycles. The van der Waals surface area contributed by atoms with Crippen molar-refractivity contribution in [1.29, 1.82) is 0 Å². The molecular weight excluding hydrogens is 490 g/mol. The molecule has 3 atom stereocenters. The van der Waals surface area contributed by atoms with E-state index in [0.29, 0.717) is 24.3 Å². The first-order valence-electron chi connectivity index (χ1n) is 12.0. The fourth-order valence-corrected chi connectivity index (χ4v) is 6.14. The predicted molar refractivity (Wildman–Crippen MR) is 145 cm³/mol. The molecule has 0 aromatic heterocycles. The van der Waals surface area contributed by atoms with E-state index in [1.165, 1.54) is 0 Å². The van der Waals surface area contributed by atoms with Gasteiger partial charge in [-0.15, -0.1) is 11.8 Å². The van der Waals surface area contributed by atoms with Crippen LogP contribution in [0.1, 0.15) is 29.3 Å². The number of nitrogens with zero attached hydrogens (tertiary/aromatic N) is 1. The van der Waals surface area contributed by atoms with Crippen molar-refractivity contribution in [3.63, 3.8) is 0 Å². The third-order valence-corrected chi connectivity index (χ3v) is 8.37. The van der Waals surface area contributed by atoms with E-state index >= 15 is 0 Å². The minimum Gasteiger partial charge on any atom is -0.459 e. The number of esters is 1. The molecule has 0 unspecified atom stereocenters. The summed E-state index contributed by atoms with van der Waals surface area (Å²) in [6.45, 7) is 2.45. The third kappa shape index (κ3) is 7.02. The lowest BCUT2D eigenvalue weighted by Gasteiger charge is -2.26. The van der Waals surface area contributed by atoms with Crippen LogP contribution in [-0.2, 0) is 20.9 Å². The van der Waals surface area contributed by atoms with Crippen molar-refractivity contribution in [3.05, 3.63) is 102 Å². The Hall–Kier alpha value is -3.03. The summed E-state index contributed by atoms with van der Waals surface area (Å²) in [4.78, 5) is 41.8. The molecule has 1 heterocycles. The average molecular weight is 520 g/mol. The van der Waals surface area contributed by atoms with Gasteiger partial charge in [-0.1, -0.05) is 97.5 Å². The molecule has 1 aliphatic heterocycles. The number of likely N-dealkylation sites (tertiary alicyclic amines) is 1. The number of hydrogen-bond acceptors (Lipinski definition) is 6. The van der Waals surface area contributed by atoms with E-state index in [-0.39, 0.29) is 28.8 Å². The van der Waals surface area contributed by atoms with Gasteiger partial charge in [0.1, 0.15) is 12.6 Å². The molecule has 186 valence electrons. The zero-order valence-corrected chi connectivity index (χ0v) is 21.8. The van der Waals surface area contributed by atoms with Crippen LogP contribution in [-0.4, -0.2) is 45.5 Å². The Morgan fingerprint density at radius 3 is 2.19 bits per heavy atom. The molecule has 0 radical (unpaired) electrons. The Kier molecular flexibility index (Phi) is 9.25. The van der Waals surface area contributed by atoms with Crippen molar-refractivity contribution in [2.45, 2.75) is 36.1 Å². The van der Waals surface area contributed by atoms with Crippen LogP contribution in [0.25, 0.3) is 0 Å². The molecule has 1 saturated heterocycles. The summed E-state index contributed by atoms with van der Waals surface area (Å²) in [5.74, 6) is -0.567. The van der Waals surface area contributed by atoms with Gasteiger partial charge in [-0.3, -0.25) is 9.59 Å². The average Bonchev–Trinajstić information content (AvgIpc) is 3.35. The molecule has 4 rings (SSSR count). The zero-order chi connectivity index (χ0) is 25.3. The van der Waals surface area contributed by atoms with Crippen molar-refractivity contribution in [2.24, 2.45) is 5.92 Å². The minimum absolute atomic E-state index is 0.0620. The first-order chi connectivity index (χ1) is 17.5. The summed E-state index contributed by atoms with van der Waals surface area (Å²) in [7, 11) is 0. The van der Waals surface area contributed by atoms with Crippen LogP contribution >= 0.6 is 23.5 Å². The van der Waals surface area contributed by atoms with E-state index in [9.17, 15) is 14.4 Å². The highest BCUT2D eigenvalue weighted by Gasteiger charge is 2.42.